The molecule has 2 heterocycles. The van der Waals surface area contributed by atoms with E-state index in [1.807, 2.05) is 44.2 Å². The number of piperidine rings is 1. The largest absolute Gasteiger partial charge is 0.351 e. The number of aromatic nitrogens is 4. The van der Waals surface area contributed by atoms with Gasteiger partial charge in [0.15, 0.2) is 6.04 Å². The fourth-order valence-corrected chi connectivity index (χ4v) is 3.27. The maximum absolute atomic E-state index is 12.8. The summed E-state index contributed by atoms with van der Waals surface area (Å²) in [5.41, 5.74) is 0.892. The molecule has 0 radical (unpaired) electrons. The van der Waals surface area contributed by atoms with E-state index in [9.17, 15) is 4.79 Å². The lowest BCUT2D eigenvalue weighted by Gasteiger charge is -2.30. The predicted molar refractivity (Wildman–Crippen MR) is 95.8 cm³/mol. The standard InChI is InChI=1S/C18H26N6O/c1-12(2)16(18(25)20-15-9-10-19-13(3)11-15)24-22-17(21-23-24)14-7-5-4-6-8-14/h4-8,12-13,15-16,19H,9-11H2,1-3H3,(H,20,25). The molecule has 3 unspecified atom stereocenters. The molecule has 1 aromatic heterocycles. The van der Waals surface area contributed by atoms with Gasteiger partial charge in [0.2, 0.25) is 11.7 Å². The van der Waals surface area contributed by atoms with Crippen molar-refractivity contribution in [2.45, 2.75) is 51.7 Å². The molecule has 3 rings (SSSR count). The van der Waals surface area contributed by atoms with E-state index in [0.29, 0.717) is 11.9 Å². The number of carbonyl (C=O) groups is 1. The van der Waals surface area contributed by atoms with Gasteiger partial charge in [0, 0.05) is 17.6 Å². The molecule has 134 valence electrons. The molecule has 0 bridgehead atoms. The normalized spacial score (nSPS) is 21.9. The van der Waals surface area contributed by atoms with Crippen molar-refractivity contribution in [1.82, 2.24) is 30.8 Å². The number of amides is 1. The zero-order valence-corrected chi connectivity index (χ0v) is 15.0. The van der Waals surface area contributed by atoms with Crippen molar-refractivity contribution in [2.75, 3.05) is 6.54 Å². The quantitative estimate of drug-likeness (QED) is 0.865. The second-order valence-corrected chi connectivity index (χ2v) is 7.07. The first-order valence-electron chi connectivity index (χ1n) is 8.93. The number of hydrogen-bond donors (Lipinski definition) is 2. The van der Waals surface area contributed by atoms with Crippen LogP contribution in [0.1, 0.15) is 39.7 Å². The van der Waals surface area contributed by atoms with Crippen molar-refractivity contribution in [1.29, 1.82) is 0 Å². The molecule has 1 fully saturated rings. The van der Waals surface area contributed by atoms with Crippen LogP contribution in [0.2, 0.25) is 0 Å². The number of benzene rings is 1. The van der Waals surface area contributed by atoms with Gasteiger partial charge in [-0.2, -0.15) is 4.80 Å². The molecule has 7 heteroatoms. The van der Waals surface area contributed by atoms with Crippen LogP contribution in [0.15, 0.2) is 30.3 Å². The van der Waals surface area contributed by atoms with Crippen LogP contribution < -0.4 is 10.6 Å². The molecule has 0 spiro atoms. The van der Waals surface area contributed by atoms with E-state index in [1.54, 1.807) is 0 Å². The van der Waals surface area contributed by atoms with E-state index in [2.05, 4.69) is 33.0 Å². The van der Waals surface area contributed by atoms with Gasteiger partial charge in [-0.15, -0.1) is 10.2 Å². The van der Waals surface area contributed by atoms with Crippen LogP contribution in [-0.4, -0.2) is 44.7 Å². The number of nitrogens with one attached hydrogen (secondary N) is 2. The van der Waals surface area contributed by atoms with Crippen LogP contribution in [-0.2, 0) is 4.79 Å². The van der Waals surface area contributed by atoms with E-state index in [0.717, 1.165) is 24.9 Å². The minimum absolute atomic E-state index is 0.0360. The highest BCUT2D eigenvalue weighted by atomic mass is 16.2. The Balaban J connectivity index is 1.75. The molecule has 1 saturated heterocycles. The predicted octanol–water partition coefficient (Wildman–Crippen LogP) is 1.79. The van der Waals surface area contributed by atoms with Crippen molar-refractivity contribution < 1.29 is 4.79 Å². The summed E-state index contributed by atoms with van der Waals surface area (Å²) in [4.78, 5) is 14.3. The summed E-state index contributed by atoms with van der Waals surface area (Å²) in [5.74, 6) is 0.567. The van der Waals surface area contributed by atoms with Gasteiger partial charge in [0.25, 0.3) is 0 Å². The molecule has 0 aliphatic carbocycles. The summed E-state index contributed by atoms with van der Waals surface area (Å²) >= 11 is 0. The van der Waals surface area contributed by atoms with E-state index in [-0.39, 0.29) is 17.9 Å². The molecular weight excluding hydrogens is 316 g/mol. The van der Waals surface area contributed by atoms with Crippen molar-refractivity contribution in [3.8, 4) is 11.4 Å². The summed E-state index contributed by atoms with van der Waals surface area (Å²) in [6.45, 7) is 7.07. The van der Waals surface area contributed by atoms with E-state index in [1.165, 1.54) is 4.80 Å². The van der Waals surface area contributed by atoms with E-state index < -0.39 is 6.04 Å². The molecule has 1 aliphatic rings. The highest BCUT2D eigenvalue weighted by Crippen LogP contribution is 2.20. The Morgan fingerprint density at radius 1 is 1.32 bits per heavy atom. The molecule has 2 N–H and O–H groups in total. The average molecular weight is 342 g/mol. The Kier molecular flexibility index (Phi) is 5.43. The first-order chi connectivity index (χ1) is 12.0. The number of hydrogen-bond acceptors (Lipinski definition) is 5. The van der Waals surface area contributed by atoms with E-state index in [4.69, 9.17) is 0 Å². The molecule has 25 heavy (non-hydrogen) atoms. The molecule has 2 aromatic rings. The van der Waals surface area contributed by atoms with Gasteiger partial charge >= 0.3 is 0 Å². The van der Waals surface area contributed by atoms with Crippen LogP contribution in [0, 0.1) is 5.92 Å². The summed E-state index contributed by atoms with van der Waals surface area (Å²) in [7, 11) is 0. The third-order valence-corrected chi connectivity index (χ3v) is 4.58. The highest BCUT2D eigenvalue weighted by molar-refractivity contribution is 5.80. The first kappa shape index (κ1) is 17.5. The lowest BCUT2D eigenvalue weighted by molar-refractivity contribution is -0.127. The van der Waals surface area contributed by atoms with Crippen molar-refractivity contribution in [3.05, 3.63) is 30.3 Å². The Bertz CT molecular complexity index is 699. The molecule has 7 nitrogen and oxygen atoms in total. The third kappa shape index (κ3) is 4.22. The SMILES string of the molecule is CC1CC(NC(=O)C(C(C)C)n2nnc(-c3ccccc3)n2)CCN1. The number of rotatable bonds is 5. The van der Waals surface area contributed by atoms with Crippen LogP contribution >= 0.6 is 0 Å². The number of nitrogens with zero attached hydrogens (tertiary/aromatic N) is 4. The zero-order valence-electron chi connectivity index (χ0n) is 15.0. The average Bonchev–Trinajstić information content (AvgIpc) is 3.05. The number of carbonyl (C=O) groups excluding carboxylic acids is 1. The number of tetrazole rings is 1. The minimum Gasteiger partial charge on any atom is -0.351 e. The van der Waals surface area contributed by atoms with Crippen LogP contribution in [0.25, 0.3) is 11.4 Å². The minimum atomic E-state index is -0.463. The molecule has 1 amide bonds. The zero-order chi connectivity index (χ0) is 17.8. The maximum Gasteiger partial charge on any atom is 0.247 e. The molecule has 1 aromatic carbocycles. The summed E-state index contributed by atoms with van der Waals surface area (Å²) in [6.07, 6.45) is 1.89. The lowest BCUT2D eigenvalue weighted by atomic mass is 9.98. The molecule has 3 atom stereocenters. The summed E-state index contributed by atoms with van der Waals surface area (Å²) < 4.78 is 0. The van der Waals surface area contributed by atoms with Crippen LogP contribution in [0.5, 0.6) is 0 Å². The molecule has 1 aliphatic heterocycles. The van der Waals surface area contributed by atoms with Gasteiger partial charge in [-0.3, -0.25) is 4.79 Å². The highest BCUT2D eigenvalue weighted by Gasteiger charge is 2.30. The maximum atomic E-state index is 12.8. The Morgan fingerprint density at radius 3 is 2.76 bits per heavy atom. The summed E-state index contributed by atoms with van der Waals surface area (Å²) in [6, 6.07) is 9.83. The Morgan fingerprint density at radius 2 is 2.08 bits per heavy atom. The smallest absolute Gasteiger partial charge is 0.247 e. The van der Waals surface area contributed by atoms with Gasteiger partial charge in [-0.05, 0) is 37.4 Å². The Hall–Kier alpha value is -2.28. The van der Waals surface area contributed by atoms with Crippen molar-refractivity contribution >= 4 is 5.91 Å². The molecular formula is C18H26N6O. The van der Waals surface area contributed by atoms with Crippen LogP contribution in [0.3, 0.4) is 0 Å². The Labute approximate surface area is 148 Å². The molecule has 0 saturated carbocycles. The van der Waals surface area contributed by atoms with Crippen molar-refractivity contribution in [2.24, 2.45) is 5.92 Å². The van der Waals surface area contributed by atoms with Gasteiger partial charge in [-0.1, -0.05) is 44.2 Å². The van der Waals surface area contributed by atoms with Gasteiger partial charge < -0.3 is 10.6 Å². The lowest BCUT2D eigenvalue weighted by Crippen LogP contribution is -2.49. The fraction of sp³-hybridized carbons (Fsp3) is 0.556. The second kappa shape index (κ2) is 7.74. The van der Waals surface area contributed by atoms with Crippen LogP contribution in [0.4, 0.5) is 0 Å². The monoisotopic (exact) mass is 342 g/mol. The van der Waals surface area contributed by atoms with Gasteiger partial charge in [0.1, 0.15) is 0 Å². The topological polar surface area (TPSA) is 84.7 Å². The fourth-order valence-electron chi connectivity index (χ4n) is 3.27. The second-order valence-electron chi connectivity index (χ2n) is 7.07. The van der Waals surface area contributed by atoms with Gasteiger partial charge in [-0.25, -0.2) is 0 Å². The third-order valence-electron chi connectivity index (χ3n) is 4.58. The van der Waals surface area contributed by atoms with Gasteiger partial charge in [0.05, 0.1) is 0 Å². The summed E-state index contributed by atoms with van der Waals surface area (Å²) in [5, 5.41) is 19.3. The van der Waals surface area contributed by atoms with E-state index >= 15 is 0 Å². The van der Waals surface area contributed by atoms with Crippen molar-refractivity contribution in [3.63, 3.8) is 0 Å². The first-order valence-corrected chi connectivity index (χ1v) is 8.93.